The third kappa shape index (κ3) is 6.93. The number of nitrogens with zero attached hydrogens (tertiary/aromatic N) is 5. The molecule has 1 amide bonds. The van der Waals surface area contributed by atoms with E-state index in [2.05, 4.69) is 46.5 Å². The zero-order valence-electron chi connectivity index (χ0n) is 29.0. The number of ether oxygens (including phenoxy) is 2. The van der Waals surface area contributed by atoms with Gasteiger partial charge in [0.1, 0.15) is 28.6 Å². The minimum atomic E-state index is -0.791. The molecule has 12 heteroatoms. The van der Waals surface area contributed by atoms with Gasteiger partial charge in [0.15, 0.2) is 5.82 Å². The minimum absolute atomic E-state index is 0.0214. The van der Waals surface area contributed by atoms with Crippen molar-refractivity contribution in [2.45, 2.75) is 45.6 Å². The fourth-order valence-electron chi connectivity index (χ4n) is 7.37. The van der Waals surface area contributed by atoms with Gasteiger partial charge >= 0.3 is 6.01 Å². The summed E-state index contributed by atoms with van der Waals surface area (Å²) in [6, 6.07) is 5.21. The molecule has 2 aliphatic heterocycles. The van der Waals surface area contributed by atoms with Crippen LogP contribution in [0.2, 0.25) is 0 Å². The number of phenols is 1. The Morgan fingerprint density at radius 2 is 1.98 bits per heavy atom. The maximum atomic E-state index is 17.0. The van der Waals surface area contributed by atoms with E-state index >= 15 is 4.39 Å². The van der Waals surface area contributed by atoms with Crippen LogP contribution in [0.3, 0.4) is 0 Å². The predicted octanol–water partition coefficient (Wildman–Crippen LogP) is 5.60. The lowest BCUT2D eigenvalue weighted by atomic mass is 9.81. The first-order valence-electron chi connectivity index (χ1n) is 17.4. The lowest BCUT2D eigenvalue weighted by Gasteiger charge is -2.35. The lowest BCUT2D eigenvalue weighted by Crippen LogP contribution is -2.49. The molecule has 0 radical (unpaired) electrons. The van der Waals surface area contributed by atoms with Crippen molar-refractivity contribution in [2.75, 3.05) is 57.4 Å². The number of phenolic OH excluding ortho intramolecular Hbond substituents is 1. The van der Waals surface area contributed by atoms with Crippen LogP contribution in [-0.2, 0) is 9.53 Å². The number of anilines is 1. The Hall–Kier alpha value is -4.86. The number of morpholine rings is 1. The summed E-state index contributed by atoms with van der Waals surface area (Å²) in [7, 11) is 0. The molecule has 3 fully saturated rings. The van der Waals surface area contributed by atoms with Crippen molar-refractivity contribution in [3.63, 3.8) is 0 Å². The quantitative estimate of drug-likeness (QED) is 0.171. The maximum absolute atomic E-state index is 17.0. The standard InChI is InChI=1S/C39H42F2N6O4/c1-5-26-29(40)9-8-24-18-25(48)19-27(32(24)26)34-33(41)35-28(20-42-34)36(47-13-7-10-38(3,4)30(21-47)43-31(49)6-2)45-37(44-35)51-23-39(11-12-39)22-46-14-16-50-17-15-46/h1,6,8-9,18-20,30,48H,2,7,10-17,21-23H2,3-4H3,(H,43,49)/t30-/m1/s1. The number of aromatic nitrogens is 3. The Labute approximate surface area is 295 Å². The SMILES string of the molecule is C#Cc1c(F)ccc2cc(O)cc(-c3ncc4c(N5CCCC(C)(C)[C@H](NC(=O)C=C)C5)nc(OCC5(CN6CCOCC6)CC5)nc4c3F)c12. The summed E-state index contributed by atoms with van der Waals surface area (Å²) in [5.41, 5.74) is -0.425. The van der Waals surface area contributed by atoms with Crippen LogP contribution in [0.1, 0.15) is 45.1 Å². The maximum Gasteiger partial charge on any atom is 0.319 e. The van der Waals surface area contributed by atoms with Crippen LogP contribution >= 0.6 is 0 Å². The molecule has 51 heavy (non-hydrogen) atoms. The van der Waals surface area contributed by atoms with Crippen molar-refractivity contribution in [3.8, 4) is 35.4 Å². The van der Waals surface area contributed by atoms with Crippen LogP contribution < -0.4 is 15.0 Å². The van der Waals surface area contributed by atoms with E-state index in [1.165, 1.54) is 36.5 Å². The Kier molecular flexibility index (Phi) is 9.29. The molecule has 266 valence electrons. The van der Waals surface area contributed by atoms with Crippen LogP contribution in [0.4, 0.5) is 14.6 Å². The zero-order valence-corrected chi connectivity index (χ0v) is 29.0. The molecule has 7 rings (SSSR count). The van der Waals surface area contributed by atoms with Gasteiger partial charge in [0.25, 0.3) is 0 Å². The van der Waals surface area contributed by atoms with Gasteiger partial charge in [-0.15, -0.1) is 6.42 Å². The fourth-order valence-corrected chi connectivity index (χ4v) is 7.37. The summed E-state index contributed by atoms with van der Waals surface area (Å²) >= 11 is 0. The number of aromatic hydroxyl groups is 1. The third-order valence-corrected chi connectivity index (χ3v) is 10.6. The number of pyridine rings is 1. The minimum Gasteiger partial charge on any atom is -0.508 e. The van der Waals surface area contributed by atoms with E-state index in [0.29, 0.717) is 49.5 Å². The van der Waals surface area contributed by atoms with Gasteiger partial charge in [-0.05, 0) is 60.8 Å². The van der Waals surface area contributed by atoms with E-state index in [9.17, 15) is 14.3 Å². The number of fused-ring (bicyclic) bond motifs is 2. The second-order valence-corrected chi connectivity index (χ2v) is 14.7. The van der Waals surface area contributed by atoms with Gasteiger partial charge < -0.3 is 24.8 Å². The summed E-state index contributed by atoms with van der Waals surface area (Å²) in [6.45, 7) is 13.2. The molecule has 0 spiro atoms. The summed E-state index contributed by atoms with van der Waals surface area (Å²) in [5.74, 6) is 0.937. The number of carbonyl (C=O) groups excluding carboxylic acids is 1. The number of terminal acetylenes is 1. The summed E-state index contributed by atoms with van der Waals surface area (Å²) in [4.78, 5) is 30.9. The molecular weight excluding hydrogens is 654 g/mol. The monoisotopic (exact) mass is 696 g/mol. The summed E-state index contributed by atoms with van der Waals surface area (Å²) < 4.78 is 43.8. The smallest absolute Gasteiger partial charge is 0.319 e. The number of hydrogen-bond acceptors (Lipinski definition) is 9. The molecule has 2 aromatic heterocycles. The molecule has 1 aliphatic carbocycles. The molecule has 1 saturated carbocycles. The molecule has 2 N–H and O–H groups in total. The molecule has 0 bridgehead atoms. The first-order valence-corrected chi connectivity index (χ1v) is 17.4. The summed E-state index contributed by atoms with van der Waals surface area (Å²) in [6.07, 6.45) is 12.1. The normalized spacial score (nSPS) is 20.1. The van der Waals surface area contributed by atoms with E-state index in [1.54, 1.807) is 0 Å². The average molecular weight is 697 g/mol. The fraction of sp³-hybridized carbons (Fsp3) is 0.436. The number of carbonyl (C=O) groups is 1. The lowest BCUT2D eigenvalue weighted by molar-refractivity contribution is -0.117. The van der Waals surface area contributed by atoms with E-state index < -0.39 is 11.6 Å². The number of halogens is 2. The highest BCUT2D eigenvalue weighted by Crippen LogP contribution is 2.47. The first-order chi connectivity index (χ1) is 24.5. The highest BCUT2D eigenvalue weighted by Gasteiger charge is 2.45. The Morgan fingerprint density at radius 3 is 2.71 bits per heavy atom. The largest absolute Gasteiger partial charge is 0.508 e. The molecule has 4 aromatic rings. The predicted molar refractivity (Wildman–Crippen MR) is 192 cm³/mol. The third-order valence-electron chi connectivity index (χ3n) is 10.6. The molecule has 2 saturated heterocycles. The first kappa shape index (κ1) is 34.6. The van der Waals surface area contributed by atoms with Crippen LogP contribution in [0.25, 0.3) is 32.9 Å². The van der Waals surface area contributed by atoms with Gasteiger partial charge in [-0.1, -0.05) is 32.4 Å². The van der Waals surface area contributed by atoms with Crippen molar-refractivity contribution in [1.82, 2.24) is 25.2 Å². The van der Waals surface area contributed by atoms with Crippen molar-refractivity contribution >= 4 is 33.4 Å². The van der Waals surface area contributed by atoms with Crippen LogP contribution in [0.5, 0.6) is 11.8 Å². The molecule has 3 aliphatic rings. The average Bonchev–Trinajstić information content (AvgIpc) is 3.90. The van der Waals surface area contributed by atoms with Gasteiger partial charge in [0.2, 0.25) is 5.91 Å². The number of nitrogens with one attached hydrogen (secondary N) is 1. The second kappa shape index (κ2) is 13.7. The van der Waals surface area contributed by atoms with Crippen molar-refractivity contribution in [2.24, 2.45) is 10.8 Å². The molecule has 4 heterocycles. The second-order valence-electron chi connectivity index (χ2n) is 14.7. The number of hydrogen-bond donors (Lipinski definition) is 2. The molecule has 0 unspecified atom stereocenters. The molecule has 2 aromatic carbocycles. The van der Waals surface area contributed by atoms with E-state index in [1.807, 2.05) is 4.90 Å². The molecule has 1 atom stereocenters. The Morgan fingerprint density at radius 1 is 1.20 bits per heavy atom. The van der Waals surface area contributed by atoms with Gasteiger partial charge in [-0.3, -0.25) is 14.7 Å². The number of rotatable bonds is 9. The van der Waals surface area contributed by atoms with Crippen LogP contribution in [0.15, 0.2) is 43.1 Å². The molecular formula is C39H42F2N6O4. The summed E-state index contributed by atoms with van der Waals surface area (Å²) in [5, 5.41) is 14.7. The molecule has 10 nitrogen and oxygen atoms in total. The van der Waals surface area contributed by atoms with E-state index in [0.717, 1.165) is 45.3 Å². The highest BCUT2D eigenvalue weighted by molar-refractivity contribution is 6.03. The zero-order chi connectivity index (χ0) is 35.9. The Bertz CT molecular complexity index is 2050. The van der Waals surface area contributed by atoms with Gasteiger partial charge in [-0.2, -0.15) is 9.97 Å². The number of benzene rings is 2. The number of amides is 1. The van der Waals surface area contributed by atoms with Crippen LogP contribution in [0, 0.1) is 34.8 Å². The Balaban J connectivity index is 1.34. The van der Waals surface area contributed by atoms with Gasteiger partial charge in [0.05, 0.1) is 36.8 Å². The van der Waals surface area contributed by atoms with E-state index in [-0.39, 0.29) is 62.3 Å². The van der Waals surface area contributed by atoms with Crippen LogP contribution in [-0.4, -0.2) is 89.5 Å². The topological polar surface area (TPSA) is 113 Å². The van der Waals surface area contributed by atoms with Crippen molar-refractivity contribution in [3.05, 3.63) is 60.3 Å². The van der Waals surface area contributed by atoms with E-state index in [4.69, 9.17) is 20.9 Å². The van der Waals surface area contributed by atoms with Gasteiger partial charge in [-0.25, -0.2) is 8.78 Å². The van der Waals surface area contributed by atoms with Crippen molar-refractivity contribution in [1.29, 1.82) is 0 Å². The van der Waals surface area contributed by atoms with Gasteiger partial charge in [0, 0.05) is 55.3 Å². The van der Waals surface area contributed by atoms with Crippen molar-refractivity contribution < 1.29 is 28.2 Å². The highest BCUT2D eigenvalue weighted by atomic mass is 19.1.